The van der Waals surface area contributed by atoms with E-state index >= 15 is 0 Å². The van der Waals surface area contributed by atoms with Gasteiger partial charge in [-0.2, -0.15) is 0 Å². The summed E-state index contributed by atoms with van der Waals surface area (Å²) in [6, 6.07) is 5.37. The van der Waals surface area contributed by atoms with E-state index in [-0.39, 0.29) is 36.2 Å². The van der Waals surface area contributed by atoms with Crippen LogP contribution < -0.4 is 5.32 Å². The molecule has 1 aromatic carbocycles. The number of hydrogen-bond donors (Lipinski definition) is 1. The minimum atomic E-state index is -0.610. The molecule has 2 rings (SSSR count). The predicted molar refractivity (Wildman–Crippen MR) is 93.2 cm³/mol. The number of rotatable bonds is 7. The molecule has 0 bridgehead atoms. The maximum absolute atomic E-state index is 13.1. The van der Waals surface area contributed by atoms with E-state index in [1.54, 1.807) is 37.8 Å². The van der Waals surface area contributed by atoms with Crippen LogP contribution in [0.5, 0.6) is 0 Å². The van der Waals surface area contributed by atoms with Crippen molar-refractivity contribution in [3.8, 4) is 0 Å². The molecule has 1 aliphatic rings. The second-order valence-electron chi connectivity index (χ2n) is 6.80. The molecule has 0 radical (unpaired) electrons. The fourth-order valence-electron chi connectivity index (χ4n) is 2.83. The molecule has 0 spiro atoms. The third-order valence-electron chi connectivity index (χ3n) is 4.42. The Balaban J connectivity index is 2.03. The first-order chi connectivity index (χ1) is 11.9. The van der Waals surface area contributed by atoms with E-state index in [1.807, 2.05) is 0 Å². The maximum Gasteiger partial charge on any atom is 0.242 e. The lowest BCUT2D eigenvalue weighted by Gasteiger charge is -2.30. The molecule has 1 fully saturated rings. The van der Waals surface area contributed by atoms with Gasteiger partial charge in [0, 0.05) is 25.6 Å². The smallest absolute Gasteiger partial charge is 0.242 e. The maximum atomic E-state index is 13.1. The van der Waals surface area contributed by atoms with Crippen LogP contribution in [0.25, 0.3) is 0 Å². The topological polar surface area (TPSA) is 58.6 Å². The Kier molecular flexibility index (Phi) is 6.93. The Morgan fingerprint density at radius 1 is 1.28 bits per heavy atom. The Morgan fingerprint density at radius 2 is 1.96 bits per heavy atom. The van der Waals surface area contributed by atoms with Gasteiger partial charge in [0.1, 0.15) is 11.9 Å². The molecule has 1 heterocycles. The first kappa shape index (κ1) is 19.4. The van der Waals surface area contributed by atoms with Crippen LogP contribution in [0.4, 0.5) is 4.39 Å². The zero-order valence-electron chi connectivity index (χ0n) is 15.1. The van der Waals surface area contributed by atoms with Crippen molar-refractivity contribution in [2.75, 3.05) is 13.2 Å². The van der Waals surface area contributed by atoms with Crippen LogP contribution in [0, 0.1) is 11.7 Å². The highest BCUT2D eigenvalue weighted by atomic mass is 19.1. The fourth-order valence-corrected chi connectivity index (χ4v) is 2.83. The molecule has 0 aromatic heterocycles. The number of carbonyl (C=O) groups is 2. The van der Waals surface area contributed by atoms with Crippen molar-refractivity contribution in [3.05, 3.63) is 35.6 Å². The monoisotopic (exact) mass is 350 g/mol. The van der Waals surface area contributed by atoms with Crippen molar-refractivity contribution >= 4 is 11.8 Å². The van der Waals surface area contributed by atoms with Gasteiger partial charge >= 0.3 is 0 Å². The molecule has 0 unspecified atom stereocenters. The second-order valence-corrected chi connectivity index (χ2v) is 6.80. The summed E-state index contributed by atoms with van der Waals surface area (Å²) < 4.78 is 18.6. The number of nitrogens with zero attached hydrogens (tertiary/aromatic N) is 1. The Hall–Kier alpha value is -1.95. The summed E-state index contributed by atoms with van der Waals surface area (Å²) in [6.45, 7) is 6.79. The van der Waals surface area contributed by atoms with Crippen molar-refractivity contribution in [3.63, 3.8) is 0 Å². The normalized spacial score (nSPS) is 18.2. The number of benzene rings is 1. The Morgan fingerprint density at radius 3 is 2.52 bits per heavy atom. The van der Waals surface area contributed by atoms with E-state index in [0.717, 1.165) is 25.0 Å². The largest absolute Gasteiger partial charge is 0.376 e. The molecule has 1 aliphatic heterocycles. The Labute approximate surface area is 148 Å². The average Bonchev–Trinajstić information content (AvgIpc) is 3.11. The molecule has 1 N–H and O–H groups in total. The molecular weight excluding hydrogens is 323 g/mol. The second kappa shape index (κ2) is 8.94. The predicted octanol–water partition coefficient (Wildman–Crippen LogP) is 2.49. The van der Waals surface area contributed by atoms with E-state index in [9.17, 15) is 14.0 Å². The number of halogens is 1. The van der Waals surface area contributed by atoms with Crippen LogP contribution >= 0.6 is 0 Å². The first-order valence-electron chi connectivity index (χ1n) is 8.82. The standard InChI is InChI=1S/C19H27FN2O3/c1-13(2)19(24)22(12-15-6-8-16(20)9-7-15)14(3)18(23)21-11-17-5-4-10-25-17/h6-9,13-14,17H,4-5,10-12H2,1-3H3,(H,21,23)/t14-,17-/m1/s1. The highest BCUT2D eigenvalue weighted by molar-refractivity contribution is 5.88. The minimum absolute atomic E-state index is 0.0579. The van der Waals surface area contributed by atoms with E-state index in [1.165, 1.54) is 12.1 Å². The molecule has 25 heavy (non-hydrogen) atoms. The quantitative estimate of drug-likeness (QED) is 0.822. The summed E-state index contributed by atoms with van der Waals surface area (Å²) in [4.78, 5) is 26.6. The summed E-state index contributed by atoms with van der Waals surface area (Å²) in [7, 11) is 0. The SMILES string of the molecule is CC(C)C(=O)N(Cc1ccc(F)cc1)[C@H](C)C(=O)NC[C@H]1CCCO1. The number of amides is 2. The van der Waals surface area contributed by atoms with E-state index in [4.69, 9.17) is 4.74 Å². The number of carbonyl (C=O) groups excluding carboxylic acids is 2. The summed E-state index contributed by atoms with van der Waals surface area (Å²) in [6.07, 6.45) is 2.01. The van der Waals surface area contributed by atoms with Crippen molar-refractivity contribution in [2.45, 2.75) is 52.3 Å². The van der Waals surface area contributed by atoms with Gasteiger partial charge in [0.05, 0.1) is 6.10 Å². The third kappa shape index (κ3) is 5.53. The highest BCUT2D eigenvalue weighted by Crippen LogP contribution is 2.15. The summed E-state index contributed by atoms with van der Waals surface area (Å²) >= 11 is 0. The lowest BCUT2D eigenvalue weighted by Crippen LogP contribution is -2.50. The molecule has 1 aromatic rings. The average molecular weight is 350 g/mol. The highest BCUT2D eigenvalue weighted by Gasteiger charge is 2.28. The van der Waals surface area contributed by atoms with Gasteiger partial charge in [-0.1, -0.05) is 26.0 Å². The third-order valence-corrected chi connectivity index (χ3v) is 4.42. The van der Waals surface area contributed by atoms with Gasteiger partial charge in [0.2, 0.25) is 11.8 Å². The molecule has 2 amide bonds. The molecule has 2 atom stereocenters. The zero-order valence-corrected chi connectivity index (χ0v) is 15.1. The van der Waals surface area contributed by atoms with Crippen LogP contribution in [0.3, 0.4) is 0 Å². The van der Waals surface area contributed by atoms with Gasteiger partial charge in [-0.05, 0) is 37.5 Å². The van der Waals surface area contributed by atoms with Gasteiger partial charge in [-0.15, -0.1) is 0 Å². The number of hydrogen-bond acceptors (Lipinski definition) is 3. The molecule has 0 saturated carbocycles. The van der Waals surface area contributed by atoms with Crippen molar-refractivity contribution in [2.24, 2.45) is 5.92 Å². The van der Waals surface area contributed by atoms with Crippen molar-refractivity contribution < 1.29 is 18.7 Å². The van der Waals surface area contributed by atoms with Gasteiger partial charge in [0.15, 0.2) is 0 Å². The molecule has 138 valence electrons. The molecule has 0 aliphatic carbocycles. The van der Waals surface area contributed by atoms with Gasteiger partial charge in [0.25, 0.3) is 0 Å². The lowest BCUT2D eigenvalue weighted by atomic mass is 10.1. The molecular formula is C19H27FN2O3. The minimum Gasteiger partial charge on any atom is -0.376 e. The molecule has 5 nitrogen and oxygen atoms in total. The Bertz CT molecular complexity index is 583. The lowest BCUT2D eigenvalue weighted by molar-refractivity contribution is -0.143. The van der Waals surface area contributed by atoms with Gasteiger partial charge < -0.3 is 15.0 Å². The van der Waals surface area contributed by atoms with Crippen LogP contribution in [0.2, 0.25) is 0 Å². The summed E-state index contributed by atoms with van der Waals surface area (Å²) in [5.41, 5.74) is 0.786. The van der Waals surface area contributed by atoms with Crippen molar-refractivity contribution in [1.29, 1.82) is 0 Å². The molecule has 6 heteroatoms. The number of nitrogens with one attached hydrogen (secondary N) is 1. The van der Waals surface area contributed by atoms with Crippen LogP contribution in [0.1, 0.15) is 39.2 Å². The van der Waals surface area contributed by atoms with Crippen LogP contribution in [-0.2, 0) is 20.9 Å². The van der Waals surface area contributed by atoms with Crippen LogP contribution in [0.15, 0.2) is 24.3 Å². The van der Waals surface area contributed by atoms with Gasteiger partial charge in [-0.3, -0.25) is 9.59 Å². The fraction of sp³-hybridized carbons (Fsp3) is 0.579. The summed E-state index contributed by atoms with van der Waals surface area (Å²) in [5.74, 6) is -0.864. The van der Waals surface area contributed by atoms with Crippen LogP contribution in [-0.4, -0.2) is 42.0 Å². The van der Waals surface area contributed by atoms with Gasteiger partial charge in [-0.25, -0.2) is 4.39 Å². The van der Waals surface area contributed by atoms with E-state index in [0.29, 0.717) is 6.54 Å². The first-order valence-corrected chi connectivity index (χ1v) is 8.82. The van der Waals surface area contributed by atoms with Crippen molar-refractivity contribution in [1.82, 2.24) is 10.2 Å². The number of ether oxygens (including phenoxy) is 1. The zero-order chi connectivity index (χ0) is 18.4. The van der Waals surface area contributed by atoms with E-state index in [2.05, 4.69) is 5.32 Å². The summed E-state index contributed by atoms with van der Waals surface area (Å²) in [5, 5.41) is 2.88. The molecule has 1 saturated heterocycles. The van der Waals surface area contributed by atoms with E-state index < -0.39 is 6.04 Å².